The van der Waals surface area contributed by atoms with Crippen LogP contribution in [0.5, 0.6) is 5.75 Å². The summed E-state index contributed by atoms with van der Waals surface area (Å²) >= 11 is 0. The molecule has 0 bridgehead atoms. The van der Waals surface area contributed by atoms with Crippen molar-refractivity contribution >= 4 is 0 Å². The molecule has 0 heterocycles. The van der Waals surface area contributed by atoms with Crippen LogP contribution in [-0.4, -0.2) is 20.3 Å². The Morgan fingerprint density at radius 3 is 2.73 bits per heavy atom. The molecule has 84 valence electrons. The first kappa shape index (κ1) is 12.0. The molecule has 0 aliphatic rings. The third-order valence-electron chi connectivity index (χ3n) is 2.25. The van der Waals surface area contributed by atoms with Crippen molar-refractivity contribution in [3.8, 4) is 5.75 Å². The van der Waals surface area contributed by atoms with Gasteiger partial charge in [0.25, 0.3) is 0 Å². The van der Waals surface area contributed by atoms with Crippen LogP contribution in [0.2, 0.25) is 0 Å². The number of benzene rings is 1. The Kier molecular flexibility index (Phi) is 5.15. The summed E-state index contributed by atoms with van der Waals surface area (Å²) in [4.78, 5) is 0. The molecule has 2 N–H and O–H groups in total. The van der Waals surface area contributed by atoms with Gasteiger partial charge in [-0.25, -0.2) is 0 Å². The van der Waals surface area contributed by atoms with E-state index in [1.807, 2.05) is 31.2 Å². The van der Waals surface area contributed by atoms with E-state index in [0.717, 1.165) is 17.7 Å². The molecule has 15 heavy (non-hydrogen) atoms. The highest BCUT2D eigenvalue weighted by Crippen LogP contribution is 2.25. The molecule has 0 fully saturated rings. The Labute approximate surface area is 91.2 Å². The zero-order valence-corrected chi connectivity index (χ0v) is 9.40. The van der Waals surface area contributed by atoms with Gasteiger partial charge in [-0.05, 0) is 19.4 Å². The normalized spacial score (nSPS) is 12.5. The van der Waals surface area contributed by atoms with Crippen molar-refractivity contribution in [1.82, 2.24) is 0 Å². The van der Waals surface area contributed by atoms with Gasteiger partial charge in [0.15, 0.2) is 0 Å². The number of hydrogen-bond acceptors (Lipinski definition) is 3. The van der Waals surface area contributed by atoms with E-state index in [9.17, 15) is 0 Å². The predicted octanol–water partition coefficient (Wildman–Crippen LogP) is 2.12. The number of nitrogens with two attached hydrogens (primary N) is 1. The molecule has 1 unspecified atom stereocenters. The van der Waals surface area contributed by atoms with Gasteiger partial charge in [0.2, 0.25) is 0 Å². The van der Waals surface area contributed by atoms with Crippen molar-refractivity contribution in [2.45, 2.75) is 19.4 Å². The van der Waals surface area contributed by atoms with E-state index < -0.39 is 0 Å². The van der Waals surface area contributed by atoms with E-state index in [0.29, 0.717) is 13.2 Å². The monoisotopic (exact) mass is 209 g/mol. The highest BCUT2D eigenvalue weighted by molar-refractivity contribution is 5.35. The van der Waals surface area contributed by atoms with Crippen molar-refractivity contribution in [3.63, 3.8) is 0 Å². The van der Waals surface area contributed by atoms with Gasteiger partial charge >= 0.3 is 0 Å². The summed E-state index contributed by atoms with van der Waals surface area (Å²) in [5.74, 6) is 0.878. The van der Waals surface area contributed by atoms with Crippen LogP contribution in [0.4, 0.5) is 0 Å². The molecule has 1 rings (SSSR count). The molecule has 0 saturated carbocycles. The van der Waals surface area contributed by atoms with Crippen molar-refractivity contribution < 1.29 is 9.47 Å². The van der Waals surface area contributed by atoms with E-state index in [-0.39, 0.29) is 6.04 Å². The van der Waals surface area contributed by atoms with Crippen LogP contribution in [-0.2, 0) is 4.74 Å². The van der Waals surface area contributed by atoms with E-state index >= 15 is 0 Å². The Morgan fingerprint density at radius 1 is 1.33 bits per heavy atom. The summed E-state index contributed by atoms with van der Waals surface area (Å²) in [7, 11) is 1.68. The molecular weight excluding hydrogens is 190 g/mol. The minimum absolute atomic E-state index is 0.0206. The molecule has 0 aliphatic heterocycles. The molecule has 3 heteroatoms. The fraction of sp³-hybridized carbons (Fsp3) is 0.500. The van der Waals surface area contributed by atoms with Crippen LogP contribution in [0.1, 0.15) is 24.9 Å². The summed E-state index contributed by atoms with van der Waals surface area (Å²) in [6.07, 6.45) is 0.806. The van der Waals surface area contributed by atoms with Crippen molar-refractivity contribution in [1.29, 1.82) is 0 Å². The van der Waals surface area contributed by atoms with Crippen LogP contribution >= 0.6 is 0 Å². The Morgan fingerprint density at radius 2 is 2.07 bits per heavy atom. The second kappa shape index (κ2) is 6.43. The minimum Gasteiger partial charge on any atom is -0.494 e. The fourth-order valence-electron chi connectivity index (χ4n) is 1.47. The van der Waals surface area contributed by atoms with Gasteiger partial charge in [0.1, 0.15) is 5.75 Å². The molecule has 1 aromatic rings. The lowest BCUT2D eigenvalue weighted by Gasteiger charge is -2.15. The van der Waals surface area contributed by atoms with E-state index in [4.69, 9.17) is 15.2 Å². The van der Waals surface area contributed by atoms with Crippen LogP contribution < -0.4 is 10.5 Å². The first-order chi connectivity index (χ1) is 7.29. The number of methoxy groups -OCH3 is 1. The average Bonchev–Trinajstić information content (AvgIpc) is 2.27. The maximum Gasteiger partial charge on any atom is 0.124 e. The van der Waals surface area contributed by atoms with Crippen molar-refractivity contribution in [2.24, 2.45) is 5.73 Å². The molecule has 0 aliphatic carbocycles. The Hall–Kier alpha value is -1.06. The molecule has 0 amide bonds. The minimum atomic E-state index is -0.0206. The van der Waals surface area contributed by atoms with E-state index in [1.54, 1.807) is 7.11 Å². The number of hydrogen-bond donors (Lipinski definition) is 1. The lowest BCUT2D eigenvalue weighted by Crippen LogP contribution is -2.14. The third kappa shape index (κ3) is 3.53. The van der Waals surface area contributed by atoms with E-state index in [2.05, 4.69) is 0 Å². The number of ether oxygens (including phenoxy) is 2. The molecule has 1 aromatic carbocycles. The van der Waals surface area contributed by atoms with Gasteiger partial charge < -0.3 is 15.2 Å². The smallest absolute Gasteiger partial charge is 0.124 e. The quantitative estimate of drug-likeness (QED) is 0.780. The summed E-state index contributed by atoms with van der Waals surface area (Å²) in [6.45, 7) is 3.30. The van der Waals surface area contributed by atoms with Gasteiger partial charge in [-0.1, -0.05) is 18.2 Å². The molecule has 0 saturated heterocycles. The number of rotatable bonds is 6. The Balaban J connectivity index is 2.72. The number of para-hydroxylation sites is 1. The summed E-state index contributed by atoms with van der Waals surface area (Å²) < 4.78 is 10.5. The molecule has 3 nitrogen and oxygen atoms in total. The largest absolute Gasteiger partial charge is 0.494 e. The van der Waals surface area contributed by atoms with Crippen LogP contribution in [0.15, 0.2) is 24.3 Å². The third-order valence-corrected chi connectivity index (χ3v) is 2.25. The zero-order chi connectivity index (χ0) is 11.1. The molecule has 0 aromatic heterocycles. The fourth-order valence-corrected chi connectivity index (χ4v) is 1.47. The zero-order valence-electron chi connectivity index (χ0n) is 9.40. The summed E-state index contributed by atoms with van der Waals surface area (Å²) in [6, 6.07) is 7.87. The molecule has 1 atom stereocenters. The Bertz CT molecular complexity index is 289. The van der Waals surface area contributed by atoms with Crippen molar-refractivity contribution in [3.05, 3.63) is 29.8 Å². The van der Waals surface area contributed by atoms with Crippen LogP contribution in [0, 0.1) is 0 Å². The molecular formula is C12H19NO2. The maximum absolute atomic E-state index is 6.05. The SMILES string of the molecule is CCOc1ccccc1C(N)CCOC. The topological polar surface area (TPSA) is 44.5 Å². The van der Waals surface area contributed by atoms with E-state index in [1.165, 1.54) is 0 Å². The first-order valence-electron chi connectivity index (χ1n) is 5.25. The van der Waals surface area contributed by atoms with Crippen LogP contribution in [0.3, 0.4) is 0 Å². The summed E-state index contributed by atoms with van der Waals surface area (Å²) in [5, 5.41) is 0. The highest BCUT2D eigenvalue weighted by atomic mass is 16.5. The first-order valence-corrected chi connectivity index (χ1v) is 5.25. The van der Waals surface area contributed by atoms with Gasteiger partial charge in [-0.2, -0.15) is 0 Å². The summed E-state index contributed by atoms with van der Waals surface area (Å²) in [5.41, 5.74) is 7.10. The lowest BCUT2D eigenvalue weighted by molar-refractivity contribution is 0.187. The van der Waals surface area contributed by atoms with Crippen LogP contribution in [0.25, 0.3) is 0 Å². The lowest BCUT2D eigenvalue weighted by atomic mass is 10.0. The van der Waals surface area contributed by atoms with Gasteiger partial charge in [-0.3, -0.25) is 0 Å². The maximum atomic E-state index is 6.05. The van der Waals surface area contributed by atoms with Gasteiger partial charge in [0, 0.05) is 25.3 Å². The predicted molar refractivity (Wildman–Crippen MR) is 61.0 cm³/mol. The highest BCUT2D eigenvalue weighted by Gasteiger charge is 2.10. The molecule has 0 radical (unpaired) electrons. The van der Waals surface area contributed by atoms with Gasteiger partial charge in [0.05, 0.1) is 6.61 Å². The standard InChI is InChI=1S/C12H19NO2/c1-3-15-12-7-5-4-6-10(12)11(13)8-9-14-2/h4-7,11H,3,8-9,13H2,1-2H3. The molecule has 0 spiro atoms. The second-order valence-corrected chi connectivity index (χ2v) is 3.36. The van der Waals surface area contributed by atoms with Crippen molar-refractivity contribution in [2.75, 3.05) is 20.3 Å². The second-order valence-electron chi connectivity index (χ2n) is 3.36. The average molecular weight is 209 g/mol. The van der Waals surface area contributed by atoms with Gasteiger partial charge in [-0.15, -0.1) is 0 Å².